The van der Waals surface area contributed by atoms with Crippen molar-refractivity contribution in [3.8, 4) is 5.88 Å². The van der Waals surface area contributed by atoms with Gasteiger partial charge in [-0.1, -0.05) is 0 Å². The molecule has 4 heterocycles. The zero-order valence-corrected chi connectivity index (χ0v) is 12.3. The van der Waals surface area contributed by atoms with Gasteiger partial charge in [0.15, 0.2) is 5.65 Å². The molecule has 7 nitrogen and oxygen atoms in total. The molecule has 3 aromatic heterocycles. The molecule has 1 fully saturated rings. The van der Waals surface area contributed by atoms with E-state index in [1.54, 1.807) is 12.1 Å². The minimum Gasteiger partial charge on any atom is -0.475 e. The van der Waals surface area contributed by atoms with Gasteiger partial charge < -0.3 is 9.47 Å². The van der Waals surface area contributed by atoms with Crippen LogP contribution in [0.5, 0.6) is 5.88 Å². The van der Waals surface area contributed by atoms with Gasteiger partial charge in [0.2, 0.25) is 11.5 Å². The monoisotopic (exact) mass is 339 g/mol. The van der Waals surface area contributed by atoms with Crippen molar-refractivity contribution in [3.63, 3.8) is 0 Å². The molecule has 10 heteroatoms. The second-order valence-electron chi connectivity index (χ2n) is 5.48. The van der Waals surface area contributed by atoms with Crippen LogP contribution in [0.2, 0.25) is 0 Å². The van der Waals surface area contributed by atoms with Crippen LogP contribution in [0, 0.1) is 5.92 Å². The predicted octanol–water partition coefficient (Wildman–Crippen LogP) is 2.11. The number of hydrogen-bond acceptors (Lipinski definition) is 6. The largest absolute Gasteiger partial charge is 0.475 e. The number of ether oxygens (including phenoxy) is 2. The average Bonchev–Trinajstić information content (AvgIpc) is 3.21. The van der Waals surface area contributed by atoms with Gasteiger partial charge in [-0.15, -0.1) is 10.2 Å². The summed E-state index contributed by atoms with van der Waals surface area (Å²) < 4.78 is 51.4. The van der Waals surface area contributed by atoms with Crippen molar-refractivity contribution in [2.24, 2.45) is 5.92 Å². The SMILES string of the molecule is FC(F)(F)c1nnc2c(OCC3CCOC3)nc3cccnc3n12. The maximum absolute atomic E-state index is 13.2. The lowest BCUT2D eigenvalue weighted by molar-refractivity contribution is -0.145. The molecule has 0 aliphatic carbocycles. The third-order valence-corrected chi connectivity index (χ3v) is 3.79. The van der Waals surface area contributed by atoms with E-state index in [0.29, 0.717) is 19.8 Å². The first-order valence-corrected chi connectivity index (χ1v) is 7.31. The summed E-state index contributed by atoms with van der Waals surface area (Å²) in [5.74, 6) is -0.968. The molecule has 1 unspecified atom stereocenters. The lowest BCUT2D eigenvalue weighted by Gasteiger charge is -2.12. The zero-order chi connectivity index (χ0) is 16.7. The van der Waals surface area contributed by atoms with E-state index in [0.717, 1.165) is 10.8 Å². The van der Waals surface area contributed by atoms with Gasteiger partial charge in [-0.05, 0) is 18.6 Å². The summed E-state index contributed by atoms with van der Waals surface area (Å²) in [5.41, 5.74) is 0.196. The van der Waals surface area contributed by atoms with Crippen LogP contribution in [0.3, 0.4) is 0 Å². The molecule has 0 N–H and O–H groups in total. The second kappa shape index (κ2) is 5.55. The summed E-state index contributed by atoms with van der Waals surface area (Å²) >= 11 is 0. The molecule has 3 aromatic rings. The Morgan fingerprint density at radius 2 is 2.17 bits per heavy atom. The number of nitrogens with zero attached hydrogens (tertiary/aromatic N) is 5. The van der Waals surface area contributed by atoms with Crippen LogP contribution in [0.15, 0.2) is 18.3 Å². The molecule has 0 saturated carbocycles. The van der Waals surface area contributed by atoms with Crippen LogP contribution >= 0.6 is 0 Å². The predicted molar refractivity (Wildman–Crippen MR) is 75.5 cm³/mol. The molecule has 4 rings (SSSR count). The van der Waals surface area contributed by atoms with Crippen molar-refractivity contribution in [2.75, 3.05) is 19.8 Å². The number of hydrogen-bond donors (Lipinski definition) is 0. The van der Waals surface area contributed by atoms with Crippen LogP contribution < -0.4 is 4.74 Å². The Balaban J connectivity index is 1.84. The Labute approximate surface area is 133 Å². The van der Waals surface area contributed by atoms with E-state index < -0.39 is 12.0 Å². The van der Waals surface area contributed by atoms with Crippen molar-refractivity contribution >= 4 is 16.8 Å². The fraction of sp³-hybridized carbons (Fsp3) is 0.429. The maximum Gasteiger partial charge on any atom is 0.452 e. The molecule has 1 atom stereocenters. The highest BCUT2D eigenvalue weighted by Crippen LogP contribution is 2.32. The maximum atomic E-state index is 13.2. The molecular formula is C14H12F3N5O2. The third-order valence-electron chi connectivity index (χ3n) is 3.79. The highest BCUT2D eigenvalue weighted by atomic mass is 19.4. The summed E-state index contributed by atoms with van der Waals surface area (Å²) in [5, 5.41) is 6.88. The van der Waals surface area contributed by atoms with Crippen molar-refractivity contribution in [1.29, 1.82) is 0 Å². The fourth-order valence-corrected chi connectivity index (χ4v) is 2.62. The smallest absolute Gasteiger partial charge is 0.452 e. The molecule has 126 valence electrons. The van der Waals surface area contributed by atoms with Crippen LogP contribution in [0.1, 0.15) is 12.2 Å². The lowest BCUT2D eigenvalue weighted by atomic mass is 10.1. The van der Waals surface area contributed by atoms with Gasteiger partial charge in [0.05, 0.1) is 13.2 Å². The Hall–Kier alpha value is -2.49. The second-order valence-corrected chi connectivity index (χ2v) is 5.48. The molecule has 1 aliphatic rings. The summed E-state index contributed by atoms with van der Waals surface area (Å²) in [7, 11) is 0. The van der Waals surface area contributed by atoms with Crippen molar-refractivity contribution in [1.82, 2.24) is 24.6 Å². The van der Waals surface area contributed by atoms with Gasteiger partial charge in [0.1, 0.15) is 5.52 Å². The number of aromatic nitrogens is 5. The van der Waals surface area contributed by atoms with E-state index in [9.17, 15) is 13.2 Å². The van der Waals surface area contributed by atoms with Crippen LogP contribution in [-0.4, -0.2) is 44.4 Å². The first-order valence-electron chi connectivity index (χ1n) is 7.31. The van der Waals surface area contributed by atoms with Crippen LogP contribution in [0.25, 0.3) is 16.8 Å². The van der Waals surface area contributed by atoms with E-state index in [1.165, 1.54) is 6.20 Å². The van der Waals surface area contributed by atoms with E-state index in [-0.39, 0.29) is 28.6 Å². The number of fused-ring (bicyclic) bond motifs is 3. The third kappa shape index (κ3) is 2.52. The van der Waals surface area contributed by atoms with Gasteiger partial charge in [-0.3, -0.25) is 0 Å². The molecule has 0 radical (unpaired) electrons. The Morgan fingerprint density at radius 3 is 2.92 bits per heavy atom. The minimum absolute atomic E-state index is 0.00500. The van der Waals surface area contributed by atoms with Crippen molar-refractivity contribution < 1.29 is 22.6 Å². The van der Waals surface area contributed by atoms with E-state index in [2.05, 4.69) is 20.2 Å². The molecular weight excluding hydrogens is 327 g/mol. The number of halogens is 3. The van der Waals surface area contributed by atoms with Gasteiger partial charge in [0, 0.05) is 18.7 Å². The quantitative estimate of drug-likeness (QED) is 0.728. The van der Waals surface area contributed by atoms with Gasteiger partial charge >= 0.3 is 6.18 Å². The van der Waals surface area contributed by atoms with Gasteiger partial charge in [0.25, 0.3) is 5.88 Å². The number of rotatable bonds is 3. The molecule has 0 bridgehead atoms. The molecule has 0 aromatic carbocycles. The minimum atomic E-state index is -4.66. The number of alkyl halides is 3. The Kier molecular flexibility index (Phi) is 3.48. The molecule has 1 saturated heterocycles. The Morgan fingerprint density at radius 1 is 1.29 bits per heavy atom. The summed E-state index contributed by atoms with van der Waals surface area (Å²) in [6.07, 6.45) is -2.44. The fourth-order valence-electron chi connectivity index (χ4n) is 2.62. The summed E-state index contributed by atoms with van der Waals surface area (Å²) in [6, 6.07) is 3.15. The van der Waals surface area contributed by atoms with Crippen molar-refractivity contribution in [3.05, 3.63) is 24.2 Å². The average molecular weight is 339 g/mol. The molecule has 0 spiro atoms. The van der Waals surface area contributed by atoms with E-state index in [1.807, 2.05) is 0 Å². The highest BCUT2D eigenvalue weighted by Gasteiger charge is 2.38. The van der Waals surface area contributed by atoms with Crippen LogP contribution in [-0.2, 0) is 10.9 Å². The van der Waals surface area contributed by atoms with Crippen LogP contribution in [0.4, 0.5) is 13.2 Å². The standard InChI is InChI=1S/C14H12F3N5O2/c15-14(16,17)13-21-20-11-12(24-7-8-3-5-23-6-8)19-9-2-1-4-18-10(9)22(11)13/h1-2,4,8H,3,5-7H2. The van der Waals surface area contributed by atoms with E-state index >= 15 is 0 Å². The van der Waals surface area contributed by atoms with Crippen molar-refractivity contribution in [2.45, 2.75) is 12.6 Å². The first kappa shape index (κ1) is 15.1. The number of pyridine rings is 1. The molecule has 24 heavy (non-hydrogen) atoms. The lowest BCUT2D eigenvalue weighted by Crippen LogP contribution is -2.15. The first-order chi connectivity index (χ1) is 11.5. The summed E-state index contributed by atoms with van der Waals surface area (Å²) in [4.78, 5) is 8.22. The molecule has 0 amide bonds. The van der Waals surface area contributed by atoms with E-state index in [4.69, 9.17) is 9.47 Å². The Bertz CT molecular complexity index is 889. The topological polar surface area (TPSA) is 74.4 Å². The molecule has 1 aliphatic heterocycles. The van der Waals surface area contributed by atoms with Gasteiger partial charge in [-0.2, -0.15) is 13.2 Å². The summed E-state index contributed by atoms with van der Waals surface area (Å²) in [6.45, 7) is 1.51. The zero-order valence-electron chi connectivity index (χ0n) is 12.3. The van der Waals surface area contributed by atoms with Gasteiger partial charge in [-0.25, -0.2) is 14.4 Å². The normalized spacial score (nSPS) is 18.5. The highest BCUT2D eigenvalue weighted by molar-refractivity contribution is 5.76.